The summed E-state index contributed by atoms with van der Waals surface area (Å²) in [4.78, 5) is 37.3. The Labute approximate surface area is 396 Å². The van der Waals surface area contributed by atoms with Crippen LogP contribution in [0.5, 0.6) is 0 Å². The van der Waals surface area contributed by atoms with Crippen molar-refractivity contribution in [3.05, 3.63) is 109 Å². The van der Waals surface area contributed by atoms with Gasteiger partial charge in [0.2, 0.25) is 0 Å². The number of carbonyl (C=O) groups is 3. The van der Waals surface area contributed by atoms with Gasteiger partial charge in [-0.15, -0.1) is 0 Å². The number of likely N-dealkylation sites (N-methyl/N-ethyl adjacent to an activating group) is 1. The monoisotopic (exact) mass is 907 g/mol. The molecule has 0 saturated heterocycles. The molecule has 0 aliphatic heterocycles. The lowest BCUT2D eigenvalue weighted by Crippen LogP contribution is -2.40. The summed E-state index contributed by atoms with van der Waals surface area (Å²) in [7, 11) is 5.93. The number of carboxylic acids is 1. The minimum atomic E-state index is -1.53. The number of allylic oxidation sites excluding steroid dienone is 18. The molecule has 0 bridgehead atoms. The molecule has 0 aromatic heterocycles. The third-order valence-corrected chi connectivity index (χ3v) is 10.0. The van der Waals surface area contributed by atoms with Crippen molar-refractivity contribution >= 4 is 17.9 Å². The van der Waals surface area contributed by atoms with Gasteiger partial charge in [0, 0.05) is 12.8 Å². The summed E-state index contributed by atoms with van der Waals surface area (Å²) < 4.78 is 22.7. The Morgan fingerprint density at radius 2 is 0.877 bits per heavy atom. The van der Waals surface area contributed by atoms with Crippen molar-refractivity contribution in [1.82, 2.24) is 0 Å². The predicted molar refractivity (Wildman–Crippen MR) is 271 cm³/mol. The first-order chi connectivity index (χ1) is 31.6. The molecule has 9 heteroatoms. The van der Waals surface area contributed by atoms with Gasteiger partial charge in [-0.05, 0) is 103 Å². The normalized spacial score (nSPS) is 13.8. The van der Waals surface area contributed by atoms with Gasteiger partial charge in [-0.2, -0.15) is 0 Å². The van der Waals surface area contributed by atoms with Gasteiger partial charge in [-0.3, -0.25) is 9.59 Å². The zero-order valence-corrected chi connectivity index (χ0v) is 41.6. The summed E-state index contributed by atoms with van der Waals surface area (Å²) in [5.41, 5.74) is 0. The first kappa shape index (κ1) is 60.9. The highest BCUT2D eigenvalue weighted by atomic mass is 16.7. The second-order valence-corrected chi connectivity index (χ2v) is 17.4. The van der Waals surface area contributed by atoms with Crippen LogP contribution in [-0.2, 0) is 33.3 Å². The molecule has 0 fully saturated rings. The molecule has 0 spiro atoms. The molecule has 1 N–H and O–H groups in total. The maximum Gasteiger partial charge on any atom is 0.361 e. The van der Waals surface area contributed by atoms with E-state index in [1.807, 2.05) is 21.1 Å². The number of carbonyl (C=O) groups excluding carboxylic acids is 2. The van der Waals surface area contributed by atoms with E-state index < -0.39 is 24.3 Å². The zero-order valence-electron chi connectivity index (χ0n) is 41.6. The average molecular weight is 907 g/mol. The fourth-order valence-electron chi connectivity index (χ4n) is 6.14. The topological polar surface area (TPSA) is 108 Å². The Morgan fingerprint density at radius 1 is 0.477 bits per heavy atom. The van der Waals surface area contributed by atoms with Crippen molar-refractivity contribution < 1.29 is 42.9 Å². The van der Waals surface area contributed by atoms with Gasteiger partial charge in [0.15, 0.2) is 6.10 Å². The standard InChI is InChI=1S/C56H91NO8/c1-6-8-10-12-14-16-18-20-22-24-26-27-29-31-33-35-37-39-41-43-45-47-54(59)65-52(51-64-56(55(60)61)62-49-48-57(3,4)5)50-63-53(58)46-44-42-40-38-36-34-32-30-28-25-23-21-19-17-15-13-11-9-7-2/h8,10,14-17,20-23,26-28,30-31,33,37,39,52,56H,6-7,9,11-13,18-19,24-25,29,32,34-36,38,40-51H2,1-5H3/p+1/b10-8-,16-14-,17-15-,22-20-,23-21-,27-26-,30-28-,33-31-,39-37-. The average Bonchev–Trinajstić information content (AvgIpc) is 3.27. The molecule has 0 aliphatic rings. The van der Waals surface area contributed by atoms with Gasteiger partial charge in [0.1, 0.15) is 13.2 Å². The SMILES string of the molecule is CC/C=C\C/C=C\C/C=C\C/C=C\C/C=C\C/C=C\CCCCC(=O)OC(COC(=O)CCCCCCCC/C=C\C/C=C\C/C=C\CCCCC)COC(OCC[N+](C)(C)C)C(=O)O. The summed E-state index contributed by atoms with van der Waals surface area (Å²) in [6.07, 6.45) is 60.1. The van der Waals surface area contributed by atoms with Crippen molar-refractivity contribution in [3.63, 3.8) is 0 Å². The molecule has 368 valence electrons. The van der Waals surface area contributed by atoms with E-state index in [1.54, 1.807) is 0 Å². The molecule has 0 aliphatic carbocycles. The van der Waals surface area contributed by atoms with Crippen LogP contribution >= 0.6 is 0 Å². The summed E-state index contributed by atoms with van der Waals surface area (Å²) in [5, 5.41) is 9.67. The van der Waals surface area contributed by atoms with E-state index in [2.05, 4.69) is 123 Å². The number of hydrogen-bond acceptors (Lipinski definition) is 7. The quantitative estimate of drug-likeness (QED) is 0.0212. The van der Waals surface area contributed by atoms with E-state index in [0.717, 1.165) is 103 Å². The van der Waals surface area contributed by atoms with Crippen molar-refractivity contribution in [2.24, 2.45) is 0 Å². The van der Waals surface area contributed by atoms with Crippen LogP contribution in [0.1, 0.15) is 168 Å². The van der Waals surface area contributed by atoms with Gasteiger partial charge < -0.3 is 28.5 Å². The highest BCUT2D eigenvalue weighted by molar-refractivity contribution is 5.71. The second kappa shape index (κ2) is 46.5. The number of aliphatic carboxylic acids is 1. The summed E-state index contributed by atoms with van der Waals surface area (Å²) in [5.74, 6) is -2.10. The molecule has 0 radical (unpaired) electrons. The maximum absolute atomic E-state index is 12.8. The smallest absolute Gasteiger partial charge is 0.361 e. The van der Waals surface area contributed by atoms with E-state index in [4.69, 9.17) is 18.9 Å². The van der Waals surface area contributed by atoms with Crippen LogP contribution in [0.4, 0.5) is 0 Å². The largest absolute Gasteiger partial charge is 0.477 e. The van der Waals surface area contributed by atoms with Crippen LogP contribution in [0, 0.1) is 0 Å². The summed E-state index contributed by atoms with van der Waals surface area (Å²) in [6.45, 7) is 4.64. The van der Waals surface area contributed by atoms with Crippen LogP contribution in [0.2, 0.25) is 0 Å². The lowest BCUT2D eigenvalue weighted by atomic mass is 10.1. The Balaban J connectivity index is 4.51. The number of esters is 2. The van der Waals surface area contributed by atoms with Crippen LogP contribution in [0.3, 0.4) is 0 Å². The first-order valence-electron chi connectivity index (χ1n) is 25.1. The minimum absolute atomic E-state index is 0.170. The van der Waals surface area contributed by atoms with E-state index in [9.17, 15) is 19.5 Å². The molecule has 0 rings (SSSR count). The lowest BCUT2D eigenvalue weighted by molar-refractivity contribution is -0.870. The van der Waals surface area contributed by atoms with E-state index in [1.165, 1.54) is 32.1 Å². The molecule has 0 aromatic carbocycles. The fourth-order valence-corrected chi connectivity index (χ4v) is 6.14. The van der Waals surface area contributed by atoms with E-state index in [-0.39, 0.29) is 38.6 Å². The number of quaternary nitrogens is 1. The second-order valence-electron chi connectivity index (χ2n) is 17.4. The molecule has 0 amide bonds. The van der Waals surface area contributed by atoms with Crippen LogP contribution in [-0.4, -0.2) is 87.4 Å². The number of nitrogens with zero attached hydrogens (tertiary/aromatic N) is 1. The zero-order chi connectivity index (χ0) is 47.7. The highest BCUT2D eigenvalue weighted by Crippen LogP contribution is 2.12. The molecule has 2 unspecified atom stereocenters. The maximum atomic E-state index is 12.8. The Hall–Kier alpha value is -4.05. The predicted octanol–water partition coefficient (Wildman–Crippen LogP) is 14.0. The number of ether oxygens (including phenoxy) is 4. The Morgan fingerprint density at radius 3 is 1.34 bits per heavy atom. The van der Waals surface area contributed by atoms with Gasteiger partial charge in [0.05, 0.1) is 34.4 Å². The van der Waals surface area contributed by atoms with Crippen molar-refractivity contribution in [1.29, 1.82) is 0 Å². The highest BCUT2D eigenvalue weighted by Gasteiger charge is 2.25. The van der Waals surface area contributed by atoms with E-state index in [0.29, 0.717) is 17.4 Å². The van der Waals surface area contributed by atoms with Crippen LogP contribution in [0.15, 0.2) is 109 Å². The number of hydrogen-bond donors (Lipinski definition) is 1. The Bertz CT molecular complexity index is 1430. The molecule has 0 heterocycles. The van der Waals surface area contributed by atoms with Crippen molar-refractivity contribution in [2.45, 2.75) is 180 Å². The van der Waals surface area contributed by atoms with Gasteiger partial charge in [0.25, 0.3) is 6.29 Å². The van der Waals surface area contributed by atoms with Crippen LogP contribution < -0.4 is 0 Å². The minimum Gasteiger partial charge on any atom is -0.477 e. The molecule has 65 heavy (non-hydrogen) atoms. The number of carboxylic acid groups (broad SMARTS) is 1. The molecule has 0 saturated carbocycles. The lowest BCUT2D eigenvalue weighted by Gasteiger charge is -2.25. The Kier molecular flexibility index (Phi) is 43.6. The van der Waals surface area contributed by atoms with Crippen molar-refractivity contribution in [3.8, 4) is 0 Å². The first-order valence-corrected chi connectivity index (χ1v) is 25.1. The third kappa shape index (κ3) is 47.7. The van der Waals surface area contributed by atoms with Gasteiger partial charge in [-0.1, -0.05) is 162 Å². The summed E-state index contributed by atoms with van der Waals surface area (Å²) >= 11 is 0. The molecular formula is C56H92NO8+. The van der Waals surface area contributed by atoms with E-state index >= 15 is 0 Å². The fraction of sp³-hybridized carbons (Fsp3) is 0.625. The molecule has 9 nitrogen and oxygen atoms in total. The van der Waals surface area contributed by atoms with Gasteiger partial charge in [-0.25, -0.2) is 4.79 Å². The van der Waals surface area contributed by atoms with Crippen LogP contribution in [0.25, 0.3) is 0 Å². The molecule has 2 atom stereocenters. The van der Waals surface area contributed by atoms with Crippen molar-refractivity contribution in [2.75, 3.05) is 47.5 Å². The third-order valence-electron chi connectivity index (χ3n) is 10.0. The van der Waals surface area contributed by atoms with Gasteiger partial charge >= 0.3 is 17.9 Å². The number of rotatable bonds is 44. The summed E-state index contributed by atoms with van der Waals surface area (Å²) in [6, 6.07) is 0. The molecular weight excluding hydrogens is 815 g/mol. The molecule has 0 aromatic rings. The number of unbranched alkanes of at least 4 members (excludes halogenated alkanes) is 11.